The second-order valence-electron chi connectivity index (χ2n) is 4.90. The van der Waals surface area contributed by atoms with E-state index in [1.807, 2.05) is 0 Å². The molecule has 0 fully saturated rings. The average molecular weight is 286 g/mol. The zero-order chi connectivity index (χ0) is 13.5. The Bertz CT molecular complexity index is 795. The van der Waals surface area contributed by atoms with Gasteiger partial charge in [0.25, 0.3) is 5.78 Å². The SMILES string of the molecule is Clc1cc(Nc2ccc3c(c2)CCC3)n2ncnc2n1. The van der Waals surface area contributed by atoms with Crippen LogP contribution in [0.1, 0.15) is 17.5 Å². The highest BCUT2D eigenvalue weighted by atomic mass is 35.5. The molecule has 100 valence electrons. The van der Waals surface area contributed by atoms with E-state index in [0.717, 1.165) is 17.9 Å². The van der Waals surface area contributed by atoms with Gasteiger partial charge in [0.05, 0.1) is 0 Å². The molecule has 0 atom stereocenters. The largest absolute Gasteiger partial charge is 0.340 e. The average Bonchev–Trinajstić information content (AvgIpc) is 3.05. The van der Waals surface area contributed by atoms with Crippen LogP contribution in [0.2, 0.25) is 5.15 Å². The normalized spacial score (nSPS) is 13.7. The van der Waals surface area contributed by atoms with E-state index in [1.165, 1.54) is 30.3 Å². The molecule has 6 heteroatoms. The molecule has 1 aliphatic rings. The lowest BCUT2D eigenvalue weighted by molar-refractivity contribution is 0.912. The van der Waals surface area contributed by atoms with Gasteiger partial charge in [0, 0.05) is 11.8 Å². The molecule has 0 spiro atoms. The monoisotopic (exact) mass is 285 g/mol. The highest BCUT2D eigenvalue weighted by Gasteiger charge is 2.12. The molecule has 3 aromatic rings. The number of rotatable bonds is 2. The van der Waals surface area contributed by atoms with Crippen molar-refractivity contribution in [3.05, 3.63) is 46.9 Å². The molecule has 5 nitrogen and oxygen atoms in total. The third kappa shape index (κ3) is 1.91. The van der Waals surface area contributed by atoms with Crippen LogP contribution < -0.4 is 5.32 Å². The van der Waals surface area contributed by atoms with Gasteiger partial charge in [0.2, 0.25) is 0 Å². The van der Waals surface area contributed by atoms with E-state index < -0.39 is 0 Å². The van der Waals surface area contributed by atoms with Gasteiger partial charge >= 0.3 is 0 Å². The molecule has 20 heavy (non-hydrogen) atoms. The minimum Gasteiger partial charge on any atom is -0.340 e. The van der Waals surface area contributed by atoms with Crippen LogP contribution in [0.15, 0.2) is 30.6 Å². The van der Waals surface area contributed by atoms with Crippen LogP contribution in [-0.2, 0) is 12.8 Å². The molecule has 2 aromatic heterocycles. The minimum absolute atomic E-state index is 0.397. The molecule has 4 rings (SSSR count). The molecule has 0 radical (unpaired) electrons. The van der Waals surface area contributed by atoms with Crippen molar-refractivity contribution in [1.82, 2.24) is 19.6 Å². The van der Waals surface area contributed by atoms with E-state index in [1.54, 1.807) is 10.6 Å². The number of anilines is 2. The summed E-state index contributed by atoms with van der Waals surface area (Å²) in [6.07, 6.45) is 5.05. The highest BCUT2D eigenvalue weighted by molar-refractivity contribution is 6.29. The fraction of sp³-hybridized carbons (Fsp3) is 0.214. The van der Waals surface area contributed by atoms with Crippen molar-refractivity contribution in [3.63, 3.8) is 0 Å². The summed E-state index contributed by atoms with van der Waals surface area (Å²) in [6.45, 7) is 0. The number of nitrogens with zero attached hydrogens (tertiary/aromatic N) is 4. The lowest BCUT2D eigenvalue weighted by Gasteiger charge is -2.09. The summed E-state index contributed by atoms with van der Waals surface area (Å²) in [6, 6.07) is 8.21. The summed E-state index contributed by atoms with van der Waals surface area (Å²) < 4.78 is 1.64. The molecule has 0 amide bonds. The van der Waals surface area contributed by atoms with Crippen LogP contribution in [0.5, 0.6) is 0 Å². The first-order chi connectivity index (χ1) is 9.79. The smallest absolute Gasteiger partial charge is 0.255 e. The quantitative estimate of drug-likeness (QED) is 0.736. The standard InChI is InChI=1S/C14H12ClN5/c15-12-7-13(20-14(19-12)16-8-17-20)18-11-5-4-9-2-1-3-10(9)6-11/h4-8,18H,1-3H2. The topological polar surface area (TPSA) is 55.1 Å². The van der Waals surface area contributed by atoms with Gasteiger partial charge in [0.1, 0.15) is 17.3 Å². The van der Waals surface area contributed by atoms with Gasteiger partial charge in [-0.05, 0) is 42.5 Å². The van der Waals surface area contributed by atoms with Gasteiger partial charge in [0.15, 0.2) is 0 Å². The second-order valence-corrected chi connectivity index (χ2v) is 5.29. The van der Waals surface area contributed by atoms with Crippen molar-refractivity contribution in [2.45, 2.75) is 19.3 Å². The maximum atomic E-state index is 6.01. The van der Waals surface area contributed by atoms with Gasteiger partial charge in [-0.3, -0.25) is 0 Å². The van der Waals surface area contributed by atoms with Crippen molar-refractivity contribution in [2.24, 2.45) is 0 Å². The third-order valence-electron chi connectivity index (χ3n) is 3.59. The minimum atomic E-state index is 0.397. The molecule has 0 aliphatic heterocycles. The lowest BCUT2D eigenvalue weighted by Crippen LogP contribution is -2.02. The molecule has 2 heterocycles. The molecule has 0 unspecified atom stereocenters. The Kier molecular flexibility index (Phi) is 2.60. The fourth-order valence-corrected chi connectivity index (χ4v) is 2.85. The maximum absolute atomic E-state index is 6.01. The number of hydrogen-bond acceptors (Lipinski definition) is 4. The van der Waals surface area contributed by atoms with Crippen molar-refractivity contribution in [1.29, 1.82) is 0 Å². The van der Waals surface area contributed by atoms with Crippen LogP contribution in [0.3, 0.4) is 0 Å². The molecule has 0 bridgehead atoms. The van der Waals surface area contributed by atoms with E-state index >= 15 is 0 Å². The summed E-state index contributed by atoms with van der Waals surface area (Å²) in [7, 11) is 0. The second kappa shape index (κ2) is 4.45. The predicted octanol–water partition coefficient (Wildman–Crippen LogP) is 3.01. The van der Waals surface area contributed by atoms with Gasteiger partial charge in [-0.15, -0.1) is 0 Å². The van der Waals surface area contributed by atoms with E-state index in [0.29, 0.717) is 10.9 Å². The molecule has 1 N–H and O–H groups in total. The zero-order valence-electron chi connectivity index (χ0n) is 10.7. The van der Waals surface area contributed by atoms with E-state index in [2.05, 4.69) is 38.6 Å². The molecule has 0 saturated carbocycles. The first-order valence-electron chi connectivity index (χ1n) is 6.55. The molecule has 1 aromatic carbocycles. The Morgan fingerprint density at radius 1 is 1.15 bits per heavy atom. The van der Waals surface area contributed by atoms with Gasteiger partial charge in [-0.2, -0.15) is 19.6 Å². The Labute approximate surface area is 120 Å². The number of aromatic nitrogens is 4. The predicted molar refractivity (Wildman–Crippen MR) is 77.5 cm³/mol. The summed E-state index contributed by atoms with van der Waals surface area (Å²) >= 11 is 6.01. The lowest BCUT2D eigenvalue weighted by atomic mass is 10.1. The Hall–Kier alpha value is -2.14. The van der Waals surface area contributed by atoms with Gasteiger partial charge < -0.3 is 5.32 Å². The Morgan fingerprint density at radius 3 is 3.00 bits per heavy atom. The molecule has 0 saturated heterocycles. The van der Waals surface area contributed by atoms with Crippen molar-refractivity contribution < 1.29 is 0 Å². The van der Waals surface area contributed by atoms with Crippen LogP contribution in [0.4, 0.5) is 11.5 Å². The van der Waals surface area contributed by atoms with E-state index in [-0.39, 0.29) is 0 Å². The number of benzene rings is 1. The highest BCUT2D eigenvalue weighted by Crippen LogP contribution is 2.27. The summed E-state index contributed by atoms with van der Waals surface area (Å²) in [5.74, 6) is 1.25. The van der Waals surface area contributed by atoms with Crippen LogP contribution in [0, 0.1) is 0 Å². The fourth-order valence-electron chi connectivity index (χ4n) is 2.67. The van der Waals surface area contributed by atoms with Crippen LogP contribution in [-0.4, -0.2) is 19.6 Å². The zero-order valence-corrected chi connectivity index (χ0v) is 11.4. The molecular formula is C14H12ClN5. The third-order valence-corrected chi connectivity index (χ3v) is 3.79. The van der Waals surface area contributed by atoms with E-state index in [9.17, 15) is 0 Å². The Balaban J connectivity index is 1.75. The first kappa shape index (κ1) is 11.7. The number of fused-ring (bicyclic) bond motifs is 2. The van der Waals surface area contributed by atoms with E-state index in [4.69, 9.17) is 11.6 Å². The van der Waals surface area contributed by atoms with Crippen molar-refractivity contribution in [2.75, 3.05) is 5.32 Å². The number of aryl methyl sites for hydroxylation is 2. The Morgan fingerprint density at radius 2 is 2.05 bits per heavy atom. The summed E-state index contributed by atoms with van der Waals surface area (Å²) in [5, 5.41) is 7.89. The molecule has 1 aliphatic carbocycles. The maximum Gasteiger partial charge on any atom is 0.255 e. The van der Waals surface area contributed by atoms with Crippen LogP contribution >= 0.6 is 11.6 Å². The first-order valence-corrected chi connectivity index (χ1v) is 6.92. The molecular weight excluding hydrogens is 274 g/mol. The van der Waals surface area contributed by atoms with Crippen molar-refractivity contribution >= 4 is 28.9 Å². The summed E-state index contributed by atoms with van der Waals surface area (Å²) in [4.78, 5) is 8.17. The van der Waals surface area contributed by atoms with Crippen LogP contribution in [0.25, 0.3) is 5.78 Å². The van der Waals surface area contributed by atoms with Crippen molar-refractivity contribution in [3.8, 4) is 0 Å². The summed E-state index contributed by atoms with van der Waals surface area (Å²) in [5.41, 5.74) is 3.91. The van der Waals surface area contributed by atoms with Gasteiger partial charge in [-0.25, -0.2) is 0 Å². The number of halogens is 1. The van der Waals surface area contributed by atoms with Gasteiger partial charge in [-0.1, -0.05) is 17.7 Å². The number of nitrogens with one attached hydrogen (secondary N) is 1. The number of hydrogen-bond donors (Lipinski definition) is 1.